The van der Waals surface area contributed by atoms with Crippen LogP contribution in [0.1, 0.15) is 0 Å². The van der Waals surface area contributed by atoms with Crippen LogP contribution in [0, 0.1) is 0 Å². The topological polar surface area (TPSA) is 93.3 Å². The summed E-state index contributed by atoms with van der Waals surface area (Å²) in [5, 5.41) is 0. The van der Waals surface area contributed by atoms with E-state index in [0.717, 1.165) is 11.0 Å². The van der Waals surface area contributed by atoms with Crippen LogP contribution >= 0.6 is 0 Å². The quantitative estimate of drug-likeness (QED) is 0.501. The lowest BCUT2D eigenvalue weighted by Crippen LogP contribution is -2.15. The third-order valence-electron chi connectivity index (χ3n) is 4.48. The number of nitrogens with zero attached hydrogens (tertiary/aromatic N) is 1. The van der Waals surface area contributed by atoms with E-state index in [2.05, 4.69) is 14.7 Å². The SMILES string of the molecule is COc1ccc(S(=O)(=O)Nc2ccccc2-c2nc3ccccc3[nH]2)c(OC)c1. The molecule has 4 aromatic rings. The highest BCUT2D eigenvalue weighted by Crippen LogP contribution is 2.33. The second kappa shape index (κ2) is 7.48. The van der Waals surface area contributed by atoms with E-state index in [1.165, 1.54) is 26.4 Å². The molecule has 0 spiro atoms. The Morgan fingerprint density at radius 3 is 2.45 bits per heavy atom. The van der Waals surface area contributed by atoms with Crippen LogP contribution in [-0.4, -0.2) is 32.6 Å². The molecule has 0 aliphatic rings. The maximum Gasteiger partial charge on any atom is 0.265 e. The maximum atomic E-state index is 13.1. The van der Waals surface area contributed by atoms with E-state index in [0.29, 0.717) is 22.8 Å². The van der Waals surface area contributed by atoms with Crippen molar-refractivity contribution in [3.8, 4) is 22.9 Å². The third kappa shape index (κ3) is 3.62. The second-order valence-corrected chi connectivity index (χ2v) is 7.92. The molecule has 0 aliphatic heterocycles. The summed E-state index contributed by atoms with van der Waals surface area (Å²) < 4.78 is 39.2. The molecule has 0 fully saturated rings. The molecule has 3 aromatic carbocycles. The number of H-pyrrole nitrogens is 1. The number of para-hydroxylation sites is 3. The molecule has 0 saturated heterocycles. The Labute approximate surface area is 168 Å². The number of nitrogens with one attached hydrogen (secondary N) is 2. The molecule has 29 heavy (non-hydrogen) atoms. The van der Waals surface area contributed by atoms with Crippen molar-refractivity contribution in [3.05, 3.63) is 66.7 Å². The highest BCUT2D eigenvalue weighted by atomic mass is 32.2. The zero-order valence-corrected chi connectivity index (χ0v) is 16.7. The first-order chi connectivity index (χ1) is 14.0. The lowest BCUT2D eigenvalue weighted by molar-refractivity contribution is 0.386. The minimum atomic E-state index is -3.91. The number of fused-ring (bicyclic) bond motifs is 1. The van der Waals surface area contributed by atoms with Gasteiger partial charge in [0.05, 0.1) is 30.9 Å². The van der Waals surface area contributed by atoms with E-state index in [-0.39, 0.29) is 10.6 Å². The Morgan fingerprint density at radius 2 is 1.69 bits per heavy atom. The van der Waals surface area contributed by atoms with Crippen molar-refractivity contribution >= 4 is 26.7 Å². The van der Waals surface area contributed by atoms with Crippen molar-refractivity contribution < 1.29 is 17.9 Å². The van der Waals surface area contributed by atoms with Crippen LogP contribution in [0.2, 0.25) is 0 Å². The van der Waals surface area contributed by atoms with E-state index in [9.17, 15) is 8.42 Å². The average Bonchev–Trinajstić information content (AvgIpc) is 3.17. The van der Waals surface area contributed by atoms with Crippen molar-refractivity contribution in [2.45, 2.75) is 4.90 Å². The fourth-order valence-corrected chi connectivity index (χ4v) is 4.29. The monoisotopic (exact) mass is 409 g/mol. The molecule has 2 N–H and O–H groups in total. The number of imidazole rings is 1. The lowest BCUT2D eigenvalue weighted by Gasteiger charge is -2.14. The van der Waals surface area contributed by atoms with Crippen molar-refractivity contribution in [1.29, 1.82) is 0 Å². The first kappa shape index (κ1) is 18.8. The number of aromatic nitrogens is 2. The van der Waals surface area contributed by atoms with Gasteiger partial charge in [-0.15, -0.1) is 0 Å². The van der Waals surface area contributed by atoms with Gasteiger partial charge in [0.25, 0.3) is 10.0 Å². The Balaban J connectivity index is 1.75. The van der Waals surface area contributed by atoms with Crippen molar-refractivity contribution in [2.75, 3.05) is 18.9 Å². The number of methoxy groups -OCH3 is 2. The minimum Gasteiger partial charge on any atom is -0.497 e. The van der Waals surface area contributed by atoms with Gasteiger partial charge in [-0.25, -0.2) is 13.4 Å². The first-order valence-corrected chi connectivity index (χ1v) is 10.3. The van der Waals surface area contributed by atoms with E-state index in [1.807, 2.05) is 30.3 Å². The molecule has 0 bridgehead atoms. The van der Waals surface area contributed by atoms with Gasteiger partial charge < -0.3 is 14.5 Å². The summed E-state index contributed by atoms with van der Waals surface area (Å²) in [5.74, 6) is 1.27. The van der Waals surface area contributed by atoms with Crippen molar-refractivity contribution in [1.82, 2.24) is 9.97 Å². The van der Waals surface area contributed by atoms with Gasteiger partial charge in [0, 0.05) is 11.6 Å². The van der Waals surface area contributed by atoms with E-state index < -0.39 is 10.0 Å². The van der Waals surface area contributed by atoms with E-state index in [1.54, 1.807) is 24.3 Å². The molecule has 0 atom stereocenters. The largest absolute Gasteiger partial charge is 0.497 e. The average molecular weight is 409 g/mol. The van der Waals surface area contributed by atoms with Crippen LogP contribution in [-0.2, 0) is 10.0 Å². The zero-order chi connectivity index (χ0) is 20.4. The van der Waals surface area contributed by atoms with E-state index >= 15 is 0 Å². The number of rotatable bonds is 6. The van der Waals surface area contributed by atoms with Gasteiger partial charge in [-0.3, -0.25) is 4.72 Å². The summed E-state index contributed by atoms with van der Waals surface area (Å²) in [5.41, 5.74) is 2.72. The number of anilines is 1. The molecule has 1 heterocycles. The lowest BCUT2D eigenvalue weighted by atomic mass is 10.2. The normalized spacial score (nSPS) is 11.4. The van der Waals surface area contributed by atoms with Crippen molar-refractivity contribution in [2.24, 2.45) is 0 Å². The Hall–Kier alpha value is -3.52. The highest BCUT2D eigenvalue weighted by Gasteiger charge is 2.22. The van der Waals surface area contributed by atoms with Crippen LogP contribution < -0.4 is 14.2 Å². The summed E-state index contributed by atoms with van der Waals surface area (Å²) in [6.45, 7) is 0. The number of hydrogen-bond donors (Lipinski definition) is 2. The molecule has 0 amide bonds. The minimum absolute atomic E-state index is 0.0141. The Kier molecular flexibility index (Phi) is 4.85. The molecule has 0 unspecified atom stereocenters. The number of ether oxygens (including phenoxy) is 2. The standard InChI is InChI=1S/C21H19N3O4S/c1-27-14-11-12-20(19(13-14)28-2)29(25,26)24-16-8-4-3-7-15(16)21-22-17-9-5-6-10-18(17)23-21/h3-13,24H,1-2H3,(H,22,23). The van der Waals surface area contributed by atoms with Gasteiger partial charge >= 0.3 is 0 Å². The fraction of sp³-hybridized carbons (Fsp3) is 0.0952. The summed E-state index contributed by atoms with van der Waals surface area (Å²) >= 11 is 0. The summed E-state index contributed by atoms with van der Waals surface area (Å²) in [7, 11) is -0.996. The summed E-state index contributed by atoms with van der Waals surface area (Å²) in [4.78, 5) is 7.81. The van der Waals surface area contributed by atoms with E-state index in [4.69, 9.17) is 9.47 Å². The number of aromatic amines is 1. The molecule has 148 valence electrons. The smallest absolute Gasteiger partial charge is 0.265 e. The van der Waals surface area contributed by atoms with Crippen LogP contribution in [0.5, 0.6) is 11.5 Å². The predicted molar refractivity (Wildman–Crippen MR) is 112 cm³/mol. The molecule has 1 aromatic heterocycles. The summed E-state index contributed by atoms with van der Waals surface area (Å²) in [6.07, 6.45) is 0. The molecular formula is C21H19N3O4S. The molecule has 7 nitrogen and oxygen atoms in total. The summed E-state index contributed by atoms with van der Waals surface area (Å²) in [6, 6.07) is 19.3. The highest BCUT2D eigenvalue weighted by molar-refractivity contribution is 7.92. The molecule has 0 aliphatic carbocycles. The number of sulfonamides is 1. The number of benzene rings is 3. The molecule has 8 heteroatoms. The van der Waals surface area contributed by atoms with Gasteiger partial charge in [0.2, 0.25) is 0 Å². The van der Waals surface area contributed by atoms with Gasteiger partial charge in [0.15, 0.2) is 0 Å². The molecule has 0 radical (unpaired) electrons. The van der Waals surface area contributed by atoms with Crippen molar-refractivity contribution in [3.63, 3.8) is 0 Å². The second-order valence-electron chi connectivity index (χ2n) is 6.27. The van der Waals surface area contributed by atoms with Gasteiger partial charge in [-0.1, -0.05) is 24.3 Å². The number of hydrogen-bond acceptors (Lipinski definition) is 5. The molecule has 4 rings (SSSR count). The zero-order valence-electron chi connectivity index (χ0n) is 15.8. The maximum absolute atomic E-state index is 13.1. The van der Waals surface area contributed by atoms with Gasteiger partial charge in [-0.05, 0) is 36.4 Å². The van der Waals surface area contributed by atoms with Crippen LogP contribution in [0.25, 0.3) is 22.4 Å². The predicted octanol–water partition coefficient (Wildman–Crippen LogP) is 4.05. The third-order valence-corrected chi connectivity index (χ3v) is 5.88. The Bertz CT molecular complexity index is 1250. The van der Waals surface area contributed by atoms with Crippen LogP contribution in [0.15, 0.2) is 71.6 Å². The van der Waals surface area contributed by atoms with Gasteiger partial charge in [-0.2, -0.15) is 0 Å². The van der Waals surface area contributed by atoms with Crippen LogP contribution in [0.3, 0.4) is 0 Å². The fourth-order valence-electron chi connectivity index (χ4n) is 3.06. The molecule has 0 saturated carbocycles. The van der Waals surface area contributed by atoms with Gasteiger partial charge in [0.1, 0.15) is 22.2 Å². The Morgan fingerprint density at radius 1 is 0.931 bits per heavy atom. The van der Waals surface area contributed by atoms with Crippen LogP contribution in [0.4, 0.5) is 5.69 Å². The molecular weight excluding hydrogens is 390 g/mol. The first-order valence-electron chi connectivity index (χ1n) is 8.81.